The van der Waals surface area contributed by atoms with Crippen molar-refractivity contribution in [3.05, 3.63) is 32.4 Å². The van der Waals surface area contributed by atoms with Crippen LogP contribution in [0.1, 0.15) is 49.8 Å². The van der Waals surface area contributed by atoms with Crippen molar-refractivity contribution in [1.29, 1.82) is 0 Å². The van der Waals surface area contributed by atoms with Gasteiger partial charge in [0.05, 0.1) is 10.9 Å². The minimum atomic E-state index is -4.61. The van der Waals surface area contributed by atoms with Gasteiger partial charge in [0.2, 0.25) is 0 Å². The molecule has 1 fully saturated rings. The maximum Gasteiger partial charge on any atom is 0.417 e. The van der Waals surface area contributed by atoms with Gasteiger partial charge in [-0.1, -0.05) is 13.3 Å². The summed E-state index contributed by atoms with van der Waals surface area (Å²) in [4.78, 5) is 18.8. The lowest BCUT2D eigenvalue weighted by atomic mass is 10.1. The number of pyridine rings is 1. The lowest BCUT2D eigenvalue weighted by molar-refractivity contribution is -0.136. The zero-order valence-electron chi connectivity index (χ0n) is 12.5. The number of aromatic amines is 1. The van der Waals surface area contributed by atoms with Gasteiger partial charge >= 0.3 is 6.18 Å². The van der Waals surface area contributed by atoms with Gasteiger partial charge in [-0.15, -0.1) is 0 Å². The molecule has 0 aliphatic heterocycles. The van der Waals surface area contributed by atoms with Crippen LogP contribution in [0.25, 0.3) is 11.0 Å². The molecule has 8 heteroatoms. The Morgan fingerprint density at radius 2 is 2.13 bits per heavy atom. The van der Waals surface area contributed by atoms with Crippen molar-refractivity contribution < 1.29 is 13.2 Å². The second-order valence-corrected chi connectivity index (χ2v) is 6.22. The Labute approximate surface area is 135 Å². The molecular weight excluding hydrogens is 327 g/mol. The smallest absolute Gasteiger partial charge is 0.303 e. The van der Waals surface area contributed by atoms with Crippen LogP contribution >= 0.6 is 12.2 Å². The minimum absolute atomic E-state index is 0.0453. The number of aryl methyl sites for hydroxylation is 1. The fraction of sp³-hybridized carbons (Fsp3) is 0.533. The highest BCUT2D eigenvalue weighted by molar-refractivity contribution is 7.71. The molecule has 0 radical (unpaired) electrons. The molecule has 23 heavy (non-hydrogen) atoms. The van der Waals surface area contributed by atoms with Crippen molar-refractivity contribution in [3.63, 3.8) is 0 Å². The molecule has 1 saturated carbocycles. The SMILES string of the molecule is CCCCn1c(=S)[nH]c(=O)c2c(C(F)(F)F)cc(C3CC3)nc21. The van der Waals surface area contributed by atoms with Crippen molar-refractivity contribution in [2.45, 2.75) is 51.2 Å². The summed E-state index contributed by atoms with van der Waals surface area (Å²) < 4.78 is 41.9. The van der Waals surface area contributed by atoms with Gasteiger partial charge in [0.15, 0.2) is 4.77 Å². The maximum absolute atomic E-state index is 13.4. The van der Waals surface area contributed by atoms with E-state index in [4.69, 9.17) is 12.2 Å². The summed E-state index contributed by atoms with van der Waals surface area (Å²) in [6, 6.07) is 1.02. The Morgan fingerprint density at radius 3 is 2.70 bits per heavy atom. The first kappa shape index (κ1) is 16.2. The molecule has 1 N–H and O–H groups in total. The van der Waals surface area contributed by atoms with Crippen LogP contribution in [0.4, 0.5) is 13.2 Å². The van der Waals surface area contributed by atoms with Gasteiger partial charge in [0.25, 0.3) is 5.56 Å². The number of unbranched alkanes of at least 4 members (excludes halogenated alkanes) is 1. The Bertz CT molecular complexity index is 865. The standard InChI is InChI=1S/C15H16F3N3OS/c1-2-3-6-21-12-11(13(22)20-14(21)23)9(15(16,17)18)7-10(19-12)8-4-5-8/h7-8H,2-6H2,1H3,(H,20,22,23). The summed E-state index contributed by atoms with van der Waals surface area (Å²) in [6.07, 6.45) is -1.35. The van der Waals surface area contributed by atoms with Crippen molar-refractivity contribution in [2.75, 3.05) is 0 Å². The number of hydrogen-bond acceptors (Lipinski definition) is 3. The van der Waals surface area contributed by atoms with E-state index in [1.165, 1.54) is 4.57 Å². The third kappa shape index (κ3) is 3.04. The summed E-state index contributed by atoms with van der Waals surface area (Å²) >= 11 is 5.13. The van der Waals surface area contributed by atoms with Gasteiger partial charge in [-0.2, -0.15) is 13.2 Å². The predicted molar refractivity (Wildman–Crippen MR) is 83.1 cm³/mol. The lowest BCUT2D eigenvalue weighted by Gasteiger charge is -2.15. The molecule has 124 valence electrons. The molecule has 2 aromatic rings. The van der Waals surface area contributed by atoms with Gasteiger partial charge in [0.1, 0.15) is 5.65 Å². The molecule has 2 aromatic heterocycles. The van der Waals surface area contributed by atoms with Gasteiger partial charge in [0, 0.05) is 18.2 Å². The second kappa shape index (κ2) is 5.74. The molecule has 1 aliphatic carbocycles. The Kier molecular flexibility index (Phi) is 4.03. The third-order valence-electron chi connectivity index (χ3n) is 4.00. The van der Waals surface area contributed by atoms with Gasteiger partial charge in [-0.05, 0) is 37.5 Å². The van der Waals surface area contributed by atoms with Crippen LogP contribution in [-0.4, -0.2) is 14.5 Å². The number of rotatable bonds is 4. The Balaban J connectivity index is 2.38. The largest absolute Gasteiger partial charge is 0.417 e. The van der Waals surface area contributed by atoms with Crippen molar-refractivity contribution in [1.82, 2.24) is 14.5 Å². The van der Waals surface area contributed by atoms with Gasteiger partial charge in [-0.25, -0.2) is 4.98 Å². The molecule has 0 atom stereocenters. The summed E-state index contributed by atoms with van der Waals surface area (Å²) in [5, 5.41) is -0.424. The van der Waals surface area contributed by atoms with Gasteiger partial charge in [-0.3, -0.25) is 9.78 Å². The van der Waals surface area contributed by atoms with Crippen LogP contribution in [0.15, 0.2) is 10.9 Å². The van der Waals surface area contributed by atoms with Crippen molar-refractivity contribution >= 4 is 23.3 Å². The van der Waals surface area contributed by atoms with Crippen LogP contribution in [-0.2, 0) is 12.7 Å². The van der Waals surface area contributed by atoms with E-state index in [1.54, 1.807) is 0 Å². The van der Waals surface area contributed by atoms with E-state index in [0.717, 1.165) is 31.7 Å². The maximum atomic E-state index is 13.4. The number of halogens is 3. The Hall–Kier alpha value is -1.70. The number of hydrogen-bond donors (Lipinski definition) is 1. The molecule has 3 rings (SSSR count). The van der Waals surface area contributed by atoms with E-state index in [0.29, 0.717) is 12.2 Å². The minimum Gasteiger partial charge on any atom is -0.303 e. The van der Waals surface area contributed by atoms with E-state index in [9.17, 15) is 18.0 Å². The van der Waals surface area contributed by atoms with E-state index in [-0.39, 0.29) is 16.3 Å². The monoisotopic (exact) mass is 343 g/mol. The third-order valence-corrected chi connectivity index (χ3v) is 4.33. The molecule has 0 bridgehead atoms. The number of fused-ring (bicyclic) bond motifs is 1. The molecule has 0 amide bonds. The highest BCUT2D eigenvalue weighted by Gasteiger charge is 2.37. The highest BCUT2D eigenvalue weighted by Crippen LogP contribution is 2.42. The first-order valence-corrected chi connectivity index (χ1v) is 7.98. The van der Waals surface area contributed by atoms with E-state index in [1.807, 2.05) is 6.92 Å². The summed E-state index contributed by atoms with van der Waals surface area (Å²) in [5.74, 6) is 0.0491. The molecule has 0 unspecified atom stereocenters. The summed E-state index contributed by atoms with van der Waals surface area (Å²) in [6.45, 7) is 2.41. The molecule has 1 aliphatic rings. The second-order valence-electron chi connectivity index (χ2n) is 5.83. The first-order chi connectivity index (χ1) is 10.8. The number of nitrogens with zero attached hydrogens (tertiary/aromatic N) is 2. The molecular formula is C15H16F3N3OS. The molecule has 2 heterocycles. The van der Waals surface area contributed by atoms with E-state index in [2.05, 4.69) is 9.97 Å². The highest BCUT2D eigenvalue weighted by atomic mass is 32.1. The van der Waals surface area contributed by atoms with Crippen LogP contribution in [0, 0.1) is 4.77 Å². The average molecular weight is 343 g/mol. The molecule has 4 nitrogen and oxygen atoms in total. The average Bonchev–Trinajstić information content (AvgIpc) is 3.29. The summed E-state index contributed by atoms with van der Waals surface area (Å²) in [5.41, 5.74) is -1.31. The number of nitrogens with one attached hydrogen (secondary N) is 1. The van der Waals surface area contributed by atoms with Crippen molar-refractivity contribution in [2.24, 2.45) is 0 Å². The van der Waals surface area contributed by atoms with Crippen LogP contribution in [0.5, 0.6) is 0 Å². The summed E-state index contributed by atoms with van der Waals surface area (Å²) in [7, 11) is 0. The van der Waals surface area contributed by atoms with Crippen LogP contribution in [0.3, 0.4) is 0 Å². The zero-order chi connectivity index (χ0) is 16.8. The molecule has 0 aromatic carbocycles. The predicted octanol–water partition coefficient (Wildman–Crippen LogP) is 4.15. The fourth-order valence-corrected chi connectivity index (χ4v) is 2.90. The van der Waals surface area contributed by atoms with Gasteiger partial charge < -0.3 is 4.57 Å². The van der Waals surface area contributed by atoms with Crippen LogP contribution in [0.2, 0.25) is 0 Å². The molecule has 0 spiro atoms. The number of alkyl halides is 3. The van der Waals surface area contributed by atoms with Crippen LogP contribution < -0.4 is 5.56 Å². The Morgan fingerprint density at radius 1 is 1.43 bits per heavy atom. The first-order valence-electron chi connectivity index (χ1n) is 7.58. The molecule has 0 saturated heterocycles. The quantitative estimate of drug-likeness (QED) is 0.849. The topological polar surface area (TPSA) is 50.7 Å². The van der Waals surface area contributed by atoms with E-state index < -0.39 is 22.7 Å². The lowest BCUT2D eigenvalue weighted by Crippen LogP contribution is -2.21. The number of aromatic nitrogens is 3. The van der Waals surface area contributed by atoms with Crippen molar-refractivity contribution in [3.8, 4) is 0 Å². The fourth-order valence-electron chi connectivity index (χ4n) is 2.63. The number of H-pyrrole nitrogens is 1. The van der Waals surface area contributed by atoms with E-state index >= 15 is 0 Å². The normalized spacial score (nSPS) is 15.3. The zero-order valence-corrected chi connectivity index (χ0v) is 13.4.